The maximum atomic E-state index is 5.67. The van der Waals surface area contributed by atoms with Crippen molar-refractivity contribution in [3.8, 4) is 5.75 Å². The van der Waals surface area contributed by atoms with E-state index in [1.54, 1.807) is 7.05 Å². The Bertz CT molecular complexity index is 618. The Morgan fingerprint density at radius 1 is 1.13 bits per heavy atom. The zero-order valence-corrected chi connectivity index (χ0v) is 14.0. The molecule has 0 saturated carbocycles. The fraction of sp³-hybridized carbons (Fsp3) is 0.412. The van der Waals surface area contributed by atoms with Gasteiger partial charge in [-0.05, 0) is 31.5 Å². The quantitative estimate of drug-likeness (QED) is 0.464. The van der Waals surface area contributed by atoms with Crippen LogP contribution in [0.1, 0.15) is 11.1 Å². The highest BCUT2D eigenvalue weighted by molar-refractivity contribution is 5.79. The molecule has 0 aliphatic rings. The molecular weight excluding hydrogens is 290 g/mol. The van der Waals surface area contributed by atoms with Gasteiger partial charge in [0, 0.05) is 19.8 Å². The number of aryl methyl sites for hydroxylation is 2. The molecule has 124 valence electrons. The number of aromatic nitrogens is 2. The molecule has 0 unspecified atom stereocenters. The van der Waals surface area contributed by atoms with E-state index in [1.807, 2.05) is 48.3 Å². The van der Waals surface area contributed by atoms with E-state index < -0.39 is 0 Å². The van der Waals surface area contributed by atoms with Crippen molar-refractivity contribution in [1.82, 2.24) is 20.4 Å². The molecule has 1 aromatic heterocycles. The molecule has 2 aromatic rings. The second-order valence-electron chi connectivity index (χ2n) is 5.37. The SMILES string of the molecule is CN=C(NCCOc1ccc(C)cc1)NCCn1cc(C)cn1. The number of rotatable bonds is 7. The van der Waals surface area contributed by atoms with Gasteiger partial charge in [0.05, 0.1) is 19.3 Å². The minimum absolute atomic E-state index is 0.585. The van der Waals surface area contributed by atoms with Crippen molar-refractivity contribution < 1.29 is 4.74 Å². The molecule has 0 bridgehead atoms. The van der Waals surface area contributed by atoms with Crippen molar-refractivity contribution in [3.05, 3.63) is 47.8 Å². The first kappa shape index (κ1) is 16.9. The lowest BCUT2D eigenvalue weighted by molar-refractivity contribution is 0.322. The van der Waals surface area contributed by atoms with Crippen LogP contribution in [-0.4, -0.2) is 42.5 Å². The molecule has 0 fully saturated rings. The summed E-state index contributed by atoms with van der Waals surface area (Å²) in [7, 11) is 1.76. The minimum atomic E-state index is 0.585. The molecule has 0 saturated heterocycles. The summed E-state index contributed by atoms with van der Waals surface area (Å²) in [4.78, 5) is 4.19. The first-order valence-corrected chi connectivity index (χ1v) is 7.80. The van der Waals surface area contributed by atoms with Crippen LogP contribution in [0, 0.1) is 13.8 Å². The largest absolute Gasteiger partial charge is 0.492 e. The number of nitrogens with zero attached hydrogens (tertiary/aromatic N) is 3. The van der Waals surface area contributed by atoms with Crippen LogP contribution in [0.4, 0.5) is 0 Å². The van der Waals surface area contributed by atoms with Crippen LogP contribution in [0.2, 0.25) is 0 Å². The smallest absolute Gasteiger partial charge is 0.191 e. The number of hydrogen-bond acceptors (Lipinski definition) is 3. The molecule has 1 heterocycles. The van der Waals surface area contributed by atoms with Crippen LogP contribution < -0.4 is 15.4 Å². The molecule has 0 radical (unpaired) electrons. The number of benzene rings is 1. The summed E-state index contributed by atoms with van der Waals surface area (Å²) in [5, 5.41) is 10.7. The number of ether oxygens (including phenoxy) is 1. The second kappa shape index (κ2) is 8.82. The van der Waals surface area contributed by atoms with Crippen molar-refractivity contribution in [3.63, 3.8) is 0 Å². The van der Waals surface area contributed by atoms with Gasteiger partial charge in [0.2, 0.25) is 0 Å². The van der Waals surface area contributed by atoms with Gasteiger partial charge in [-0.3, -0.25) is 9.67 Å². The Labute approximate surface area is 137 Å². The number of guanidine groups is 1. The number of aliphatic imine (C=N–C) groups is 1. The molecule has 2 N–H and O–H groups in total. The maximum Gasteiger partial charge on any atom is 0.191 e. The van der Waals surface area contributed by atoms with Crippen LogP contribution in [0.5, 0.6) is 5.75 Å². The van der Waals surface area contributed by atoms with Crippen molar-refractivity contribution >= 4 is 5.96 Å². The van der Waals surface area contributed by atoms with E-state index in [0.717, 1.165) is 24.8 Å². The fourth-order valence-corrected chi connectivity index (χ4v) is 2.07. The van der Waals surface area contributed by atoms with E-state index in [9.17, 15) is 0 Å². The predicted molar refractivity (Wildman–Crippen MR) is 93.0 cm³/mol. The molecule has 2 rings (SSSR count). The van der Waals surface area contributed by atoms with E-state index >= 15 is 0 Å². The highest BCUT2D eigenvalue weighted by Crippen LogP contribution is 2.10. The Kier molecular flexibility index (Phi) is 6.47. The van der Waals surface area contributed by atoms with Crippen LogP contribution >= 0.6 is 0 Å². The van der Waals surface area contributed by atoms with Crippen molar-refractivity contribution in [2.45, 2.75) is 20.4 Å². The van der Waals surface area contributed by atoms with Crippen LogP contribution in [0.3, 0.4) is 0 Å². The molecule has 0 aliphatic heterocycles. The van der Waals surface area contributed by atoms with E-state index in [4.69, 9.17) is 4.74 Å². The molecule has 0 amide bonds. The Morgan fingerprint density at radius 2 is 1.87 bits per heavy atom. The van der Waals surface area contributed by atoms with E-state index in [2.05, 4.69) is 27.6 Å². The van der Waals surface area contributed by atoms with Gasteiger partial charge >= 0.3 is 0 Å². The van der Waals surface area contributed by atoms with Gasteiger partial charge in [-0.2, -0.15) is 5.10 Å². The van der Waals surface area contributed by atoms with E-state index in [0.29, 0.717) is 13.2 Å². The van der Waals surface area contributed by atoms with Gasteiger partial charge < -0.3 is 15.4 Å². The third-order valence-corrected chi connectivity index (χ3v) is 3.30. The van der Waals surface area contributed by atoms with Crippen molar-refractivity contribution in [2.24, 2.45) is 4.99 Å². The average Bonchev–Trinajstić information content (AvgIpc) is 2.97. The summed E-state index contributed by atoms with van der Waals surface area (Å²) in [6, 6.07) is 8.05. The highest BCUT2D eigenvalue weighted by atomic mass is 16.5. The van der Waals surface area contributed by atoms with E-state index in [1.165, 1.54) is 11.1 Å². The molecule has 0 atom stereocenters. The third kappa shape index (κ3) is 6.02. The van der Waals surface area contributed by atoms with Gasteiger partial charge in [-0.1, -0.05) is 17.7 Å². The van der Waals surface area contributed by atoms with Crippen LogP contribution in [-0.2, 0) is 6.54 Å². The first-order valence-electron chi connectivity index (χ1n) is 7.80. The number of nitrogens with one attached hydrogen (secondary N) is 2. The normalized spacial score (nSPS) is 11.3. The maximum absolute atomic E-state index is 5.67. The van der Waals surface area contributed by atoms with Gasteiger partial charge in [0.25, 0.3) is 0 Å². The van der Waals surface area contributed by atoms with Crippen LogP contribution in [0.15, 0.2) is 41.7 Å². The van der Waals surface area contributed by atoms with Crippen molar-refractivity contribution in [2.75, 3.05) is 26.7 Å². The molecule has 1 aromatic carbocycles. The number of hydrogen-bond donors (Lipinski definition) is 2. The molecule has 6 heteroatoms. The van der Waals surface area contributed by atoms with Gasteiger partial charge in [-0.15, -0.1) is 0 Å². The molecule has 6 nitrogen and oxygen atoms in total. The minimum Gasteiger partial charge on any atom is -0.492 e. The monoisotopic (exact) mass is 315 g/mol. The van der Waals surface area contributed by atoms with Gasteiger partial charge in [0.1, 0.15) is 12.4 Å². The summed E-state index contributed by atoms with van der Waals surface area (Å²) in [6.45, 7) is 6.93. The lowest BCUT2D eigenvalue weighted by atomic mass is 10.2. The average molecular weight is 315 g/mol. The molecule has 0 aliphatic carbocycles. The lowest BCUT2D eigenvalue weighted by Crippen LogP contribution is -2.40. The molecular formula is C17H25N5O. The lowest BCUT2D eigenvalue weighted by Gasteiger charge is -2.12. The summed E-state index contributed by atoms with van der Waals surface area (Å²) in [5.41, 5.74) is 2.40. The van der Waals surface area contributed by atoms with Crippen molar-refractivity contribution in [1.29, 1.82) is 0 Å². The highest BCUT2D eigenvalue weighted by Gasteiger charge is 1.99. The van der Waals surface area contributed by atoms with Gasteiger partial charge in [-0.25, -0.2) is 0 Å². The van der Waals surface area contributed by atoms with Crippen LogP contribution in [0.25, 0.3) is 0 Å². The summed E-state index contributed by atoms with van der Waals surface area (Å²) >= 11 is 0. The first-order chi connectivity index (χ1) is 11.2. The summed E-state index contributed by atoms with van der Waals surface area (Å²) in [5.74, 6) is 1.65. The summed E-state index contributed by atoms with van der Waals surface area (Å²) in [6.07, 6.45) is 3.88. The molecule has 23 heavy (non-hydrogen) atoms. The standard InChI is InChI=1S/C17H25N5O/c1-14-4-6-16(7-5-14)23-11-9-20-17(18-3)19-8-10-22-13-15(2)12-21-22/h4-7,12-13H,8-11H2,1-3H3,(H2,18,19,20). The molecule has 0 spiro atoms. The topological polar surface area (TPSA) is 63.5 Å². The second-order valence-corrected chi connectivity index (χ2v) is 5.37. The third-order valence-electron chi connectivity index (χ3n) is 3.30. The Balaban J connectivity index is 1.62. The predicted octanol–water partition coefficient (Wildman–Crippen LogP) is 1.74. The van der Waals surface area contributed by atoms with Gasteiger partial charge in [0.15, 0.2) is 5.96 Å². The zero-order chi connectivity index (χ0) is 16.5. The Morgan fingerprint density at radius 3 is 2.52 bits per heavy atom. The summed E-state index contributed by atoms with van der Waals surface area (Å²) < 4.78 is 7.59. The van der Waals surface area contributed by atoms with E-state index in [-0.39, 0.29) is 0 Å². The fourth-order valence-electron chi connectivity index (χ4n) is 2.07. The Hall–Kier alpha value is -2.50. The zero-order valence-electron chi connectivity index (χ0n) is 14.0.